The van der Waals surface area contributed by atoms with Gasteiger partial charge in [0.1, 0.15) is 0 Å². The number of piperidine rings is 1. The number of hydrogen-bond acceptors (Lipinski definition) is 4. The van der Waals surface area contributed by atoms with Gasteiger partial charge in [-0.3, -0.25) is 0 Å². The van der Waals surface area contributed by atoms with Gasteiger partial charge in [0, 0.05) is 29.6 Å². The molecule has 0 radical (unpaired) electrons. The molecule has 0 N–H and O–H groups in total. The van der Waals surface area contributed by atoms with Gasteiger partial charge in [0.15, 0.2) is 0 Å². The quantitative estimate of drug-likeness (QED) is 0.583. The van der Waals surface area contributed by atoms with E-state index in [9.17, 15) is 8.42 Å². The highest BCUT2D eigenvalue weighted by molar-refractivity contribution is 7.97. The molecule has 2 aromatic carbocycles. The number of fused-ring (bicyclic) bond motifs is 1. The zero-order valence-electron chi connectivity index (χ0n) is 15.6. The molecule has 0 saturated carbocycles. The Bertz CT molecular complexity index is 1050. The molecule has 0 unspecified atom stereocenters. The third-order valence-electron chi connectivity index (χ3n) is 5.22. The molecule has 2 heterocycles. The Kier molecular flexibility index (Phi) is 5.05. The molecule has 1 fully saturated rings. The second-order valence-electron chi connectivity index (χ2n) is 7.31. The molecule has 27 heavy (non-hydrogen) atoms. The lowest BCUT2D eigenvalue weighted by Crippen LogP contribution is -2.27. The number of benzene rings is 2. The van der Waals surface area contributed by atoms with Crippen LogP contribution < -0.4 is 0 Å². The summed E-state index contributed by atoms with van der Waals surface area (Å²) in [5.41, 5.74) is 1.70. The molecule has 0 atom stereocenters. The fourth-order valence-electron chi connectivity index (χ4n) is 3.53. The van der Waals surface area contributed by atoms with Gasteiger partial charge < -0.3 is 0 Å². The summed E-state index contributed by atoms with van der Waals surface area (Å²) in [4.78, 5) is 1.47. The average molecular weight is 401 g/mol. The van der Waals surface area contributed by atoms with Crippen molar-refractivity contribution in [1.82, 2.24) is 8.28 Å². The number of aromatic nitrogens is 1. The van der Waals surface area contributed by atoms with Crippen LogP contribution in [0.4, 0.5) is 0 Å². The largest absolute Gasteiger partial charge is 0.268 e. The highest BCUT2D eigenvalue weighted by Gasteiger charge is 2.21. The Morgan fingerprint density at radius 1 is 1.04 bits per heavy atom. The first kappa shape index (κ1) is 18.6. The van der Waals surface area contributed by atoms with Gasteiger partial charge in [-0.15, -0.1) is 0 Å². The molecule has 0 amide bonds. The van der Waals surface area contributed by atoms with Crippen molar-refractivity contribution in [3.63, 3.8) is 0 Å². The molecule has 6 heteroatoms. The molecule has 1 aliphatic rings. The normalized spacial score (nSPS) is 16.8. The third kappa shape index (κ3) is 3.66. The SMILES string of the molecule is Cc1cn(S(=O)(=O)c2ccccc2)c2ccc(SN3CCC(C)CC3)cc12. The number of nitrogens with zero attached hydrogens (tertiary/aromatic N) is 2. The van der Waals surface area contributed by atoms with Gasteiger partial charge in [-0.25, -0.2) is 16.7 Å². The van der Waals surface area contributed by atoms with Crippen molar-refractivity contribution in [1.29, 1.82) is 0 Å². The van der Waals surface area contributed by atoms with Crippen LogP contribution in [-0.2, 0) is 10.0 Å². The van der Waals surface area contributed by atoms with Crippen molar-refractivity contribution in [3.05, 3.63) is 60.3 Å². The second kappa shape index (κ2) is 7.34. The van der Waals surface area contributed by atoms with Gasteiger partial charge in [-0.2, -0.15) is 0 Å². The first-order valence-electron chi connectivity index (χ1n) is 9.30. The van der Waals surface area contributed by atoms with E-state index in [0.29, 0.717) is 4.90 Å². The van der Waals surface area contributed by atoms with Crippen LogP contribution in [0.15, 0.2) is 64.5 Å². The maximum atomic E-state index is 13.0. The minimum atomic E-state index is -3.59. The summed E-state index contributed by atoms with van der Waals surface area (Å²) in [5, 5.41) is 0.991. The number of hydrogen-bond donors (Lipinski definition) is 0. The molecule has 3 aromatic rings. The predicted molar refractivity (Wildman–Crippen MR) is 112 cm³/mol. The minimum absolute atomic E-state index is 0.308. The zero-order valence-corrected chi connectivity index (χ0v) is 17.3. The van der Waals surface area contributed by atoms with E-state index >= 15 is 0 Å². The molecule has 1 aromatic heterocycles. The fraction of sp³-hybridized carbons (Fsp3) is 0.333. The van der Waals surface area contributed by atoms with Crippen LogP contribution in [0.1, 0.15) is 25.3 Å². The third-order valence-corrected chi connectivity index (χ3v) is 7.99. The highest BCUT2D eigenvalue weighted by atomic mass is 32.2. The Morgan fingerprint density at radius 3 is 2.44 bits per heavy atom. The van der Waals surface area contributed by atoms with Crippen molar-refractivity contribution >= 4 is 32.9 Å². The zero-order chi connectivity index (χ0) is 19.0. The van der Waals surface area contributed by atoms with Gasteiger partial charge >= 0.3 is 0 Å². The average Bonchev–Trinajstić information content (AvgIpc) is 3.01. The summed E-state index contributed by atoms with van der Waals surface area (Å²) >= 11 is 1.78. The topological polar surface area (TPSA) is 42.3 Å². The Labute approximate surface area is 165 Å². The number of rotatable bonds is 4. The summed E-state index contributed by atoms with van der Waals surface area (Å²) in [6.07, 6.45) is 4.20. The first-order valence-corrected chi connectivity index (χ1v) is 11.5. The molecule has 1 saturated heterocycles. The fourth-order valence-corrected chi connectivity index (χ4v) is 5.96. The second-order valence-corrected chi connectivity index (χ2v) is 10.3. The maximum absolute atomic E-state index is 13.0. The van der Waals surface area contributed by atoms with Gasteiger partial charge in [0.05, 0.1) is 10.4 Å². The van der Waals surface area contributed by atoms with Crippen LogP contribution in [-0.4, -0.2) is 29.8 Å². The van der Waals surface area contributed by atoms with E-state index in [4.69, 9.17) is 0 Å². The highest BCUT2D eigenvalue weighted by Crippen LogP contribution is 2.33. The van der Waals surface area contributed by atoms with Crippen LogP contribution >= 0.6 is 11.9 Å². The van der Waals surface area contributed by atoms with Crippen LogP contribution in [0.25, 0.3) is 10.9 Å². The predicted octanol–water partition coefficient (Wildman–Crippen LogP) is 4.93. The van der Waals surface area contributed by atoms with Crippen molar-refractivity contribution < 1.29 is 8.42 Å². The Hall–Kier alpha value is -1.76. The minimum Gasteiger partial charge on any atom is -0.246 e. The lowest BCUT2D eigenvalue weighted by Gasteiger charge is -2.28. The van der Waals surface area contributed by atoms with E-state index in [1.807, 2.05) is 25.1 Å². The van der Waals surface area contributed by atoms with E-state index in [0.717, 1.165) is 40.4 Å². The lowest BCUT2D eigenvalue weighted by atomic mass is 10.0. The van der Waals surface area contributed by atoms with Crippen molar-refractivity contribution in [2.75, 3.05) is 13.1 Å². The molecule has 4 rings (SSSR count). The molecule has 0 spiro atoms. The summed E-state index contributed by atoms with van der Waals surface area (Å²) in [7, 11) is -3.59. The molecule has 0 aliphatic carbocycles. The standard InChI is InChI=1S/C21H24N2O2S2/c1-16-10-12-22(13-11-16)26-18-8-9-21-20(14-18)17(2)15-23(21)27(24,25)19-6-4-3-5-7-19/h3-9,14-16H,10-13H2,1-2H3. The summed E-state index contributed by atoms with van der Waals surface area (Å²) in [6, 6.07) is 14.7. The maximum Gasteiger partial charge on any atom is 0.268 e. The van der Waals surface area contributed by atoms with Crippen LogP contribution in [0.2, 0.25) is 0 Å². The van der Waals surface area contributed by atoms with Gasteiger partial charge in [0.2, 0.25) is 0 Å². The van der Waals surface area contributed by atoms with Crippen LogP contribution in [0.5, 0.6) is 0 Å². The smallest absolute Gasteiger partial charge is 0.246 e. The summed E-state index contributed by atoms with van der Waals surface area (Å²) in [5.74, 6) is 0.809. The van der Waals surface area contributed by atoms with Crippen molar-refractivity contribution in [3.8, 4) is 0 Å². The van der Waals surface area contributed by atoms with E-state index < -0.39 is 10.0 Å². The van der Waals surface area contributed by atoms with Crippen molar-refractivity contribution in [2.45, 2.75) is 36.5 Å². The molecule has 142 valence electrons. The summed E-state index contributed by atoms with van der Waals surface area (Å²) < 4.78 is 29.9. The Morgan fingerprint density at radius 2 is 1.74 bits per heavy atom. The molecular weight excluding hydrogens is 376 g/mol. The van der Waals surface area contributed by atoms with Gasteiger partial charge in [0.25, 0.3) is 10.0 Å². The lowest BCUT2D eigenvalue weighted by molar-refractivity contribution is 0.308. The van der Waals surface area contributed by atoms with E-state index in [1.165, 1.54) is 16.8 Å². The van der Waals surface area contributed by atoms with Gasteiger partial charge in [-0.1, -0.05) is 25.1 Å². The monoisotopic (exact) mass is 400 g/mol. The van der Waals surface area contributed by atoms with E-state index in [2.05, 4.69) is 17.3 Å². The summed E-state index contributed by atoms with van der Waals surface area (Å²) in [6.45, 7) is 6.49. The van der Waals surface area contributed by atoms with Crippen molar-refractivity contribution in [2.24, 2.45) is 5.92 Å². The van der Waals surface area contributed by atoms with E-state index in [1.54, 1.807) is 42.4 Å². The molecule has 4 nitrogen and oxygen atoms in total. The van der Waals surface area contributed by atoms with E-state index in [-0.39, 0.29) is 0 Å². The number of aryl methyl sites for hydroxylation is 1. The molecular formula is C21H24N2O2S2. The molecule has 1 aliphatic heterocycles. The van der Waals surface area contributed by atoms with Crippen LogP contribution in [0, 0.1) is 12.8 Å². The van der Waals surface area contributed by atoms with Gasteiger partial charge in [-0.05, 0) is 73.5 Å². The van der Waals surface area contributed by atoms with Crippen LogP contribution in [0.3, 0.4) is 0 Å². The first-order chi connectivity index (χ1) is 12.9. The molecule has 0 bridgehead atoms. The Balaban J connectivity index is 1.67.